The number of alkyl halides is 3. The zero-order valence-corrected chi connectivity index (χ0v) is 13.0. The molecule has 0 atom stereocenters. The molecule has 1 aromatic carbocycles. The van der Waals surface area contributed by atoms with Crippen LogP contribution in [-0.2, 0) is 11.0 Å². The van der Waals surface area contributed by atoms with Crippen LogP contribution in [0, 0.1) is 17.2 Å². The van der Waals surface area contributed by atoms with Crippen molar-refractivity contribution in [2.24, 2.45) is 5.92 Å². The molecule has 1 amide bonds. The number of carbonyl (C=O) groups excluding carboxylic acids is 1. The molecular formula is C16H18F3N3O. The number of hydrogen-bond acceptors (Lipinski definition) is 3. The van der Waals surface area contributed by atoms with Crippen molar-refractivity contribution in [2.75, 3.05) is 31.1 Å². The average molecular weight is 325 g/mol. The molecule has 0 saturated carbocycles. The Balaban J connectivity index is 2.29. The monoisotopic (exact) mass is 325 g/mol. The van der Waals surface area contributed by atoms with Crippen LogP contribution in [0.3, 0.4) is 0 Å². The highest BCUT2D eigenvalue weighted by Gasteiger charge is 2.36. The summed E-state index contributed by atoms with van der Waals surface area (Å²) in [5.41, 5.74) is -0.777. The van der Waals surface area contributed by atoms with Crippen molar-refractivity contribution >= 4 is 11.6 Å². The van der Waals surface area contributed by atoms with Crippen molar-refractivity contribution < 1.29 is 18.0 Å². The lowest BCUT2D eigenvalue weighted by molar-refractivity contribution is -0.138. The van der Waals surface area contributed by atoms with Gasteiger partial charge < -0.3 is 9.80 Å². The molecule has 1 aliphatic rings. The maximum Gasteiger partial charge on any atom is 0.418 e. The maximum atomic E-state index is 13.2. The Morgan fingerprint density at radius 1 is 1.30 bits per heavy atom. The number of benzene rings is 1. The summed E-state index contributed by atoms with van der Waals surface area (Å²) in [4.78, 5) is 15.2. The molecule has 124 valence electrons. The van der Waals surface area contributed by atoms with Crippen LogP contribution in [0.4, 0.5) is 18.9 Å². The fourth-order valence-electron chi connectivity index (χ4n) is 2.65. The number of carbonyl (C=O) groups is 1. The van der Waals surface area contributed by atoms with E-state index >= 15 is 0 Å². The molecule has 0 radical (unpaired) electrons. The summed E-state index contributed by atoms with van der Waals surface area (Å²) >= 11 is 0. The zero-order valence-electron chi connectivity index (χ0n) is 13.0. The first-order valence-electron chi connectivity index (χ1n) is 7.36. The Kier molecular flexibility index (Phi) is 4.83. The smallest absolute Gasteiger partial charge is 0.360 e. The summed E-state index contributed by atoms with van der Waals surface area (Å²) in [5, 5.41) is 8.92. The number of anilines is 1. The second kappa shape index (κ2) is 6.49. The minimum Gasteiger partial charge on any atom is -0.360 e. The lowest BCUT2D eigenvalue weighted by Gasteiger charge is -2.37. The van der Waals surface area contributed by atoms with E-state index in [1.165, 1.54) is 11.0 Å². The average Bonchev–Trinajstić information content (AvgIpc) is 2.47. The van der Waals surface area contributed by atoms with Gasteiger partial charge in [-0.1, -0.05) is 13.8 Å². The van der Waals surface area contributed by atoms with E-state index in [-0.39, 0.29) is 23.7 Å². The molecule has 7 heteroatoms. The van der Waals surface area contributed by atoms with Gasteiger partial charge >= 0.3 is 6.18 Å². The van der Waals surface area contributed by atoms with E-state index in [0.717, 1.165) is 12.1 Å². The quantitative estimate of drug-likeness (QED) is 0.858. The van der Waals surface area contributed by atoms with Crippen molar-refractivity contribution in [1.82, 2.24) is 4.90 Å². The topological polar surface area (TPSA) is 47.3 Å². The van der Waals surface area contributed by atoms with Crippen molar-refractivity contribution in [2.45, 2.75) is 20.0 Å². The Bertz CT molecular complexity index is 634. The Labute approximate surface area is 133 Å². The highest BCUT2D eigenvalue weighted by molar-refractivity contribution is 5.83. The standard InChI is InChI=1S/C16H18F3N3O/c1-11(2)9-22-6-5-21(10-15(22)23)14-7-12(8-20)3-4-13(14)16(17,18)19/h3-4,7,11H,5-6,9-10H2,1-2H3. The Morgan fingerprint density at radius 3 is 2.52 bits per heavy atom. The molecule has 1 heterocycles. The third kappa shape index (κ3) is 3.95. The highest BCUT2D eigenvalue weighted by Crippen LogP contribution is 2.37. The van der Waals surface area contributed by atoms with Crippen molar-refractivity contribution in [1.29, 1.82) is 5.26 Å². The molecular weight excluding hydrogens is 307 g/mol. The minimum absolute atomic E-state index is 0.103. The van der Waals surface area contributed by atoms with Crippen LogP contribution in [0.2, 0.25) is 0 Å². The number of nitriles is 1. The molecule has 1 aromatic rings. The number of piperazine rings is 1. The molecule has 0 spiro atoms. The fraction of sp³-hybridized carbons (Fsp3) is 0.500. The van der Waals surface area contributed by atoms with Crippen molar-refractivity contribution in [3.8, 4) is 6.07 Å². The van der Waals surface area contributed by atoms with Crippen LogP contribution in [0.25, 0.3) is 0 Å². The van der Waals surface area contributed by atoms with Gasteiger partial charge in [0.05, 0.1) is 29.4 Å². The SMILES string of the molecule is CC(C)CN1CCN(c2cc(C#N)ccc2C(F)(F)F)CC1=O. The fourth-order valence-corrected chi connectivity index (χ4v) is 2.65. The molecule has 2 rings (SSSR count). The van der Waals surface area contributed by atoms with Gasteiger partial charge in [0.1, 0.15) is 0 Å². The first-order valence-corrected chi connectivity index (χ1v) is 7.36. The van der Waals surface area contributed by atoms with Gasteiger partial charge in [0, 0.05) is 19.6 Å². The normalized spacial score (nSPS) is 16.0. The molecule has 1 saturated heterocycles. The summed E-state index contributed by atoms with van der Waals surface area (Å²) < 4.78 is 39.5. The van der Waals surface area contributed by atoms with E-state index in [9.17, 15) is 18.0 Å². The number of amides is 1. The van der Waals surface area contributed by atoms with Gasteiger partial charge in [-0.2, -0.15) is 18.4 Å². The lowest BCUT2D eigenvalue weighted by atomic mass is 10.1. The van der Waals surface area contributed by atoms with Gasteiger partial charge in [0.15, 0.2) is 0 Å². The first-order chi connectivity index (χ1) is 10.7. The molecule has 0 unspecified atom stereocenters. The summed E-state index contributed by atoms with van der Waals surface area (Å²) in [5.74, 6) is 0.110. The largest absolute Gasteiger partial charge is 0.418 e. The van der Waals surface area contributed by atoms with Gasteiger partial charge in [-0.3, -0.25) is 4.79 Å². The van der Waals surface area contributed by atoms with Gasteiger partial charge in [-0.05, 0) is 24.1 Å². The van der Waals surface area contributed by atoms with Gasteiger partial charge in [-0.25, -0.2) is 0 Å². The second-order valence-electron chi connectivity index (χ2n) is 6.00. The van der Waals surface area contributed by atoms with E-state index in [0.29, 0.717) is 25.6 Å². The van der Waals surface area contributed by atoms with Crippen molar-refractivity contribution in [3.05, 3.63) is 29.3 Å². The van der Waals surface area contributed by atoms with E-state index in [1.54, 1.807) is 4.90 Å². The summed E-state index contributed by atoms with van der Waals surface area (Å²) in [6.07, 6.45) is -4.53. The molecule has 0 N–H and O–H groups in total. The number of halogens is 3. The van der Waals surface area contributed by atoms with E-state index in [4.69, 9.17) is 5.26 Å². The highest BCUT2D eigenvalue weighted by atomic mass is 19.4. The molecule has 0 aromatic heterocycles. The van der Waals surface area contributed by atoms with Gasteiger partial charge in [-0.15, -0.1) is 0 Å². The summed E-state index contributed by atoms with van der Waals surface area (Å²) in [6.45, 7) is 5.15. The van der Waals surface area contributed by atoms with Crippen LogP contribution in [0.5, 0.6) is 0 Å². The van der Waals surface area contributed by atoms with Crippen LogP contribution < -0.4 is 4.90 Å². The van der Waals surface area contributed by atoms with E-state index < -0.39 is 11.7 Å². The predicted octanol–water partition coefficient (Wildman–Crippen LogP) is 2.88. The van der Waals surface area contributed by atoms with Crippen LogP contribution in [0.1, 0.15) is 25.0 Å². The predicted molar refractivity (Wildman–Crippen MR) is 79.8 cm³/mol. The third-order valence-corrected chi connectivity index (χ3v) is 3.68. The first kappa shape index (κ1) is 17.1. The zero-order chi connectivity index (χ0) is 17.2. The number of rotatable bonds is 3. The molecule has 0 aliphatic carbocycles. The Morgan fingerprint density at radius 2 is 2.00 bits per heavy atom. The van der Waals surface area contributed by atoms with Crippen LogP contribution in [-0.4, -0.2) is 37.0 Å². The Hall–Kier alpha value is -2.23. The lowest BCUT2D eigenvalue weighted by Crippen LogP contribution is -2.51. The number of nitrogens with zero attached hydrogens (tertiary/aromatic N) is 3. The third-order valence-electron chi connectivity index (χ3n) is 3.68. The summed E-state index contributed by atoms with van der Waals surface area (Å²) in [6, 6.07) is 5.09. The second-order valence-corrected chi connectivity index (χ2v) is 6.00. The molecule has 23 heavy (non-hydrogen) atoms. The molecule has 1 fully saturated rings. The van der Waals surface area contributed by atoms with Gasteiger partial charge in [0.25, 0.3) is 0 Å². The summed E-state index contributed by atoms with van der Waals surface area (Å²) in [7, 11) is 0. The van der Waals surface area contributed by atoms with Crippen LogP contribution in [0.15, 0.2) is 18.2 Å². The maximum absolute atomic E-state index is 13.2. The van der Waals surface area contributed by atoms with E-state index in [1.807, 2.05) is 19.9 Å². The molecule has 1 aliphatic heterocycles. The minimum atomic E-state index is -4.53. The van der Waals surface area contributed by atoms with E-state index in [2.05, 4.69) is 0 Å². The van der Waals surface area contributed by atoms with Crippen molar-refractivity contribution in [3.63, 3.8) is 0 Å². The number of hydrogen-bond donors (Lipinski definition) is 0. The van der Waals surface area contributed by atoms with Crippen LogP contribution >= 0.6 is 0 Å². The van der Waals surface area contributed by atoms with Gasteiger partial charge in [0.2, 0.25) is 5.91 Å². The molecule has 0 bridgehead atoms. The molecule has 4 nitrogen and oxygen atoms in total.